The molecule has 10 heteroatoms. The number of amides is 3. The van der Waals surface area contributed by atoms with E-state index in [1.54, 1.807) is 18.2 Å². The van der Waals surface area contributed by atoms with E-state index in [9.17, 15) is 27.6 Å². The molecule has 0 unspecified atom stereocenters. The van der Waals surface area contributed by atoms with E-state index >= 15 is 0 Å². The Morgan fingerprint density at radius 2 is 1.57 bits per heavy atom. The van der Waals surface area contributed by atoms with Crippen LogP contribution in [0.15, 0.2) is 54.6 Å². The molecule has 0 spiro atoms. The number of carbonyl (C=O) groups excluding carboxylic acids is 3. The fourth-order valence-corrected chi connectivity index (χ4v) is 2.11. The van der Waals surface area contributed by atoms with Gasteiger partial charge in [-0.1, -0.05) is 30.3 Å². The van der Waals surface area contributed by atoms with Crippen LogP contribution in [0.5, 0.6) is 5.75 Å². The summed E-state index contributed by atoms with van der Waals surface area (Å²) >= 11 is 0. The summed E-state index contributed by atoms with van der Waals surface area (Å²) < 4.78 is 45.5. The molecule has 3 amide bonds. The summed E-state index contributed by atoms with van der Waals surface area (Å²) in [5.74, 6) is -2.38. The van der Waals surface area contributed by atoms with Gasteiger partial charge in [0.25, 0.3) is 5.91 Å². The van der Waals surface area contributed by atoms with Crippen molar-refractivity contribution in [2.75, 3.05) is 7.05 Å². The van der Waals surface area contributed by atoms with Gasteiger partial charge in [-0.15, -0.1) is 13.2 Å². The third-order valence-corrected chi connectivity index (χ3v) is 3.35. The lowest BCUT2D eigenvalue weighted by Gasteiger charge is -2.17. The van der Waals surface area contributed by atoms with E-state index in [1.165, 1.54) is 19.2 Å². The number of halogens is 3. The summed E-state index contributed by atoms with van der Waals surface area (Å²) in [4.78, 5) is 36.0. The average Bonchev–Trinajstić information content (AvgIpc) is 2.65. The number of hydrogen-bond acceptors (Lipinski definition) is 5. The number of ether oxygens (including phenoxy) is 2. The molecule has 0 heterocycles. The Morgan fingerprint density at radius 1 is 0.964 bits per heavy atom. The number of urea groups is 1. The quantitative estimate of drug-likeness (QED) is 0.758. The maximum absolute atomic E-state index is 12.3. The molecule has 2 aromatic carbocycles. The second kappa shape index (κ2) is 8.89. The minimum Gasteiger partial charge on any atom is -0.444 e. The average molecular weight is 396 g/mol. The Bertz CT molecular complexity index is 839. The number of hydrogen-bond donors (Lipinski definition) is 2. The van der Waals surface area contributed by atoms with Crippen LogP contribution in [0.25, 0.3) is 0 Å². The van der Waals surface area contributed by atoms with Gasteiger partial charge in [-0.25, -0.2) is 9.59 Å². The summed E-state index contributed by atoms with van der Waals surface area (Å²) in [6, 6.07) is 11.1. The van der Waals surface area contributed by atoms with Crippen LogP contribution in [-0.2, 0) is 9.53 Å². The largest absolute Gasteiger partial charge is 0.573 e. The molecule has 2 rings (SSSR count). The normalized spacial score (nSPS) is 11.9. The number of imide groups is 1. The molecule has 7 nitrogen and oxygen atoms in total. The molecule has 0 fully saturated rings. The molecular weight excluding hydrogens is 381 g/mol. The highest BCUT2D eigenvalue weighted by molar-refractivity contribution is 5.99. The van der Waals surface area contributed by atoms with Gasteiger partial charge in [0.15, 0.2) is 0 Å². The fraction of sp³-hybridized carbons (Fsp3) is 0.167. The van der Waals surface area contributed by atoms with Crippen molar-refractivity contribution in [3.63, 3.8) is 0 Å². The molecule has 0 aliphatic heterocycles. The van der Waals surface area contributed by atoms with Gasteiger partial charge in [0.05, 0.1) is 5.56 Å². The fourth-order valence-electron chi connectivity index (χ4n) is 2.11. The van der Waals surface area contributed by atoms with E-state index in [0.29, 0.717) is 5.56 Å². The zero-order chi connectivity index (χ0) is 20.7. The summed E-state index contributed by atoms with van der Waals surface area (Å²) in [7, 11) is 1.30. The van der Waals surface area contributed by atoms with E-state index in [0.717, 1.165) is 24.3 Å². The molecule has 0 saturated heterocycles. The molecule has 0 aliphatic carbocycles. The Morgan fingerprint density at radius 3 is 2.11 bits per heavy atom. The van der Waals surface area contributed by atoms with Gasteiger partial charge in [-0.3, -0.25) is 10.1 Å². The van der Waals surface area contributed by atoms with E-state index in [2.05, 4.69) is 10.1 Å². The van der Waals surface area contributed by atoms with Crippen LogP contribution < -0.4 is 15.4 Å². The highest BCUT2D eigenvalue weighted by Gasteiger charge is 2.31. The number of nitrogens with one attached hydrogen (secondary N) is 2. The third-order valence-electron chi connectivity index (χ3n) is 3.35. The Kier molecular flexibility index (Phi) is 6.59. The zero-order valence-electron chi connectivity index (χ0n) is 14.4. The van der Waals surface area contributed by atoms with E-state index in [1.807, 2.05) is 5.32 Å². The first-order valence-corrected chi connectivity index (χ1v) is 7.84. The van der Waals surface area contributed by atoms with Gasteiger partial charge >= 0.3 is 18.4 Å². The molecular formula is C18H15F3N2O5. The van der Waals surface area contributed by atoms with Crippen LogP contribution in [0.2, 0.25) is 0 Å². The van der Waals surface area contributed by atoms with Crippen molar-refractivity contribution in [1.29, 1.82) is 0 Å². The SMILES string of the molecule is CNC(=O)NC(=O)[C@@H](OC(=O)c1ccc(OC(F)(F)F)cc1)c1ccccc1. The minimum atomic E-state index is -4.86. The van der Waals surface area contributed by atoms with Crippen LogP contribution in [0.3, 0.4) is 0 Å². The third kappa shape index (κ3) is 6.01. The molecule has 148 valence electrons. The molecule has 28 heavy (non-hydrogen) atoms. The van der Waals surface area contributed by atoms with Crippen molar-refractivity contribution in [2.45, 2.75) is 12.5 Å². The smallest absolute Gasteiger partial charge is 0.444 e. The van der Waals surface area contributed by atoms with E-state index in [4.69, 9.17) is 4.74 Å². The van der Waals surface area contributed by atoms with Crippen LogP contribution in [-0.4, -0.2) is 31.3 Å². The Labute approximate surface area is 157 Å². The lowest BCUT2D eigenvalue weighted by atomic mass is 10.1. The Balaban J connectivity index is 2.18. The maximum atomic E-state index is 12.3. The van der Waals surface area contributed by atoms with Crippen molar-refractivity contribution < 1.29 is 37.0 Å². The van der Waals surface area contributed by atoms with E-state index < -0.39 is 36.1 Å². The number of esters is 1. The highest BCUT2D eigenvalue weighted by atomic mass is 19.4. The first-order chi connectivity index (χ1) is 13.2. The van der Waals surface area contributed by atoms with Crippen LogP contribution in [0, 0.1) is 0 Å². The van der Waals surface area contributed by atoms with Gasteiger partial charge < -0.3 is 14.8 Å². The second-order valence-electron chi connectivity index (χ2n) is 5.34. The molecule has 0 saturated carbocycles. The van der Waals surface area contributed by atoms with Crippen LogP contribution in [0.4, 0.5) is 18.0 Å². The van der Waals surface area contributed by atoms with Gasteiger partial charge in [0.2, 0.25) is 6.10 Å². The van der Waals surface area contributed by atoms with Crippen molar-refractivity contribution in [2.24, 2.45) is 0 Å². The number of benzene rings is 2. The van der Waals surface area contributed by atoms with Crippen molar-refractivity contribution in [3.8, 4) is 5.75 Å². The summed E-state index contributed by atoms with van der Waals surface area (Å²) in [6.07, 6.45) is -6.31. The predicted octanol–water partition coefficient (Wildman–Crippen LogP) is 2.94. The molecule has 0 radical (unpaired) electrons. The number of rotatable bonds is 5. The van der Waals surface area contributed by atoms with Gasteiger partial charge in [-0.2, -0.15) is 0 Å². The monoisotopic (exact) mass is 396 g/mol. The van der Waals surface area contributed by atoms with Gasteiger partial charge in [0, 0.05) is 12.6 Å². The van der Waals surface area contributed by atoms with E-state index in [-0.39, 0.29) is 5.56 Å². The second-order valence-corrected chi connectivity index (χ2v) is 5.34. The molecule has 0 bridgehead atoms. The molecule has 1 atom stereocenters. The summed E-state index contributed by atoms with van der Waals surface area (Å²) in [5, 5.41) is 4.20. The minimum absolute atomic E-state index is 0.108. The topological polar surface area (TPSA) is 93.7 Å². The molecule has 2 aromatic rings. The van der Waals surface area contributed by atoms with Crippen molar-refractivity contribution in [3.05, 3.63) is 65.7 Å². The van der Waals surface area contributed by atoms with Crippen molar-refractivity contribution in [1.82, 2.24) is 10.6 Å². The lowest BCUT2D eigenvalue weighted by Crippen LogP contribution is -2.41. The number of carbonyl (C=O) groups is 3. The van der Waals surface area contributed by atoms with Crippen LogP contribution in [0.1, 0.15) is 22.0 Å². The Hall–Kier alpha value is -3.56. The first-order valence-electron chi connectivity index (χ1n) is 7.84. The van der Waals surface area contributed by atoms with Crippen LogP contribution >= 0.6 is 0 Å². The molecule has 0 aliphatic rings. The zero-order valence-corrected chi connectivity index (χ0v) is 14.4. The maximum Gasteiger partial charge on any atom is 0.573 e. The first kappa shape index (κ1) is 20.7. The molecule has 0 aromatic heterocycles. The highest BCUT2D eigenvalue weighted by Crippen LogP contribution is 2.24. The standard InChI is InChI=1S/C18H15F3N2O5/c1-22-17(26)23-15(24)14(11-5-3-2-4-6-11)27-16(25)12-7-9-13(10-8-12)28-18(19,20)21/h2-10,14H,1H3,(H2,22,23,24,26)/t14-/m0/s1. The van der Waals surface area contributed by atoms with Gasteiger partial charge in [0.1, 0.15) is 5.75 Å². The van der Waals surface area contributed by atoms with Crippen molar-refractivity contribution >= 4 is 17.9 Å². The number of alkyl halides is 3. The van der Waals surface area contributed by atoms with Gasteiger partial charge in [-0.05, 0) is 24.3 Å². The lowest BCUT2D eigenvalue weighted by molar-refractivity contribution is -0.274. The molecule has 2 N–H and O–H groups in total. The summed E-state index contributed by atoms with van der Waals surface area (Å²) in [5.41, 5.74) is 0.192. The predicted molar refractivity (Wildman–Crippen MR) is 90.3 cm³/mol. The summed E-state index contributed by atoms with van der Waals surface area (Å²) in [6.45, 7) is 0.